The highest BCUT2D eigenvalue weighted by Gasteiger charge is 2.23. The maximum Gasteiger partial charge on any atom is 0.338 e. The molecular formula is C19H15FINO2S. The summed E-state index contributed by atoms with van der Waals surface area (Å²) in [6.07, 6.45) is 0. The number of aromatic carboxylic acids is 1. The van der Waals surface area contributed by atoms with Crippen LogP contribution in [0.3, 0.4) is 0 Å². The van der Waals surface area contributed by atoms with Gasteiger partial charge in [0, 0.05) is 15.9 Å². The number of pyridine rings is 1. The number of hydrogen-bond donors (Lipinski definition) is 1. The molecule has 6 heteroatoms. The monoisotopic (exact) mass is 467 g/mol. The van der Waals surface area contributed by atoms with Crippen LogP contribution in [-0.4, -0.2) is 20.5 Å². The van der Waals surface area contributed by atoms with E-state index in [2.05, 4.69) is 27.6 Å². The van der Waals surface area contributed by atoms with Gasteiger partial charge in [-0.25, -0.2) is 9.18 Å². The first-order valence-corrected chi connectivity index (χ1v) is 10.1. The normalized spacial score (nSPS) is 12.1. The van der Waals surface area contributed by atoms with Crippen LogP contribution in [0.5, 0.6) is 0 Å². The number of aromatic nitrogens is 1. The minimum absolute atomic E-state index is 0.00851. The summed E-state index contributed by atoms with van der Waals surface area (Å²) in [6.45, 7) is 1.97. The van der Waals surface area contributed by atoms with Crippen LogP contribution in [0.4, 0.5) is 4.39 Å². The fraction of sp³-hybridized carbons (Fsp3) is 0.158. The van der Waals surface area contributed by atoms with Crippen LogP contribution in [-0.2, 0) is 0 Å². The Bertz CT molecular complexity index is 895. The zero-order chi connectivity index (χ0) is 18.0. The van der Waals surface area contributed by atoms with E-state index in [0.29, 0.717) is 16.8 Å². The summed E-state index contributed by atoms with van der Waals surface area (Å²) in [4.78, 5) is 17.6. The largest absolute Gasteiger partial charge is 0.478 e. The zero-order valence-corrected chi connectivity index (χ0v) is 16.3. The molecule has 3 nitrogen and oxygen atoms in total. The molecule has 1 atom stereocenters. The van der Waals surface area contributed by atoms with E-state index in [1.54, 1.807) is 29.5 Å². The van der Waals surface area contributed by atoms with E-state index in [4.69, 9.17) is 0 Å². The first-order valence-electron chi connectivity index (χ1n) is 7.65. The Morgan fingerprint density at radius 1 is 1.32 bits per heavy atom. The summed E-state index contributed by atoms with van der Waals surface area (Å²) in [6, 6.07) is 11.6. The van der Waals surface area contributed by atoms with E-state index in [1.165, 1.54) is 12.1 Å². The fourth-order valence-electron chi connectivity index (χ4n) is 2.63. The lowest BCUT2D eigenvalue weighted by Gasteiger charge is -2.17. The number of nitrogens with zero attached hydrogens (tertiary/aromatic N) is 1. The van der Waals surface area contributed by atoms with Crippen molar-refractivity contribution in [2.45, 2.75) is 12.8 Å². The van der Waals surface area contributed by atoms with Crippen molar-refractivity contribution in [3.63, 3.8) is 0 Å². The van der Waals surface area contributed by atoms with Gasteiger partial charge in [0.25, 0.3) is 0 Å². The van der Waals surface area contributed by atoms with Gasteiger partial charge < -0.3 is 5.11 Å². The maximum absolute atomic E-state index is 13.3. The van der Waals surface area contributed by atoms with Gasteiger partial charge in [0.15, 0.2) is 0 Å². The summed E-state index contributed by atoms with van der Waals surface area (Å²) in [5.41, 5.74) is 2.73. The van der Waals surface area contributed by atoms with Crippen molar-refractivity contribution < 1.29 is 14.3 Å². The van der Waals surface area contributed by atoms with Gasteiger partial charge >= 0.3 is 5.97 Å². The molecule has 0 spiro atoms. The molecule has 0 saturated heterocycles. The average Bonchev–Trinajstić information content (AvgIpc) is 3.15. The van der Waals surface area contributed by atoms with Crippen LogP contribution < -0.4 is 0 Å². The van der Waals surface area contributed by atoms with Gasteiger partial charge in [0.2, 0.25) is 0 Å². The molecule has 0 aliphatic carbocycles. The smallest absolute Gasteiger partial charge is 0.338 e. The van der Waals surface area contributed by atoms with E-state index in [-0.39, 0.29) is 17.3 Å². The zero-order valence-electron chi connectivity index (χ0n) is 13.4. The SMILES string of the molecule is CC(CI)c1nc(-c2cccs2)cc(-c2ccc(F)cc2)c1C(=O)O. The molecule has 128 valence electrons. The summed E-state index contributed by atoms with van der Waals surface area (Å²) in [5.74, 6) is -1.38. The minimum Gasteiger partial charge on any atom is -0.478 e. The summed E-state index contributed by atoms with van der Waals surface area (Å²) in [7, 11) is 0. The van der Waals surface area contributed by atoms with E-state index < -0.39 is 5.97 Å². The molecular weight excluding hydrogens is 452 g/mol. The molecule has 3 rings (SSSR count). The van der Waals surface area contributed by atoms with Crippen LogP contribution in [0.1, 0.15) is 28.9 Å². The third-order valence-corrected chi connectivity index (χ3v) is 6.10. The lowest BCUT2D eigenvalue weighted by Crippen LogP contribution is -2.12. The number of carboxylic acid groups (broad SMARTS) is 1. The molecule has 0 fully saturated rings. The molecule has 0 aliphatic heterocycles. The van der Waals surface area contributed by atoms with Crippen molar-refractivity contribution >= 4 is 39.9 Å². The number of halogens is 2. The van der Waals surface area contributed by atoms with Crippen molar-refractivity contribution in [3.8, 4) is 21.7 Å². The number of carboxylic acids is 1. The Morgan fingerprint density at radius 2 is 2.04 bits per heavy atom. The quantitative estimate of drug-likeness (QED) is 0.378. The van der Waals surface area contributed by atoms with Crippen LogP contribution in [0.2, 0.25) is 0 Å². The van der Waals surface area contributed by atoms with Crippen molar-refractivity contribution in [1.29, 1.82) is 0 Å². The first-order chi connectivity index (χ1) is 12.0. The van der Waals surface area contributed by atoms with Crippen molar-refractivity contribution in [1.82, 2.24) is 4.98 Å². The Balaban J connectivity index is 2.31. The number of thiophene rings is 1. The van der Waals surface area contributed by atoms with Crippen molar-refractivity contribution in [2.75, 3.05) is 4.43 Å². The molecule has 1 aromatic carbocycles. The Hall–Kier alpha value is -1.80. The van der Waals surface area contributed by atoms with Gasteiger partial charge in [-0.05, 0) is 35.2 Å². The van der Waals surface area contributed by atoms with Crippen LogP contribution in [0, 0.1) is 5.82 Å². The predicted octanol–water partition coefficient (Wildman–Crippen LogP) is 5.85. The molecule has 3 aromatic rings. The fourth-order valence-corrected chi connectivity index (χ4v) is 3.73. The van der Waals surface area contributed by atoms with Gasteiger partial charge in [0.05, 0.1) is 21.8 Å². The topological polar surface area (TPSA) is 50.2 Å². The number of carbonyl (C=O) groups is 1. The summed E-state index contributed by atoms with van der Waals surface area (Å²) >= 11 is 3.79. The Labute approximate surface area is 162 Å². The number of hydrogen-bond acceptors (Lipinski definition) is 3. The van der Waals surface area contributed by atoms with Crippen LogP contribution >= 0.6 is 33.9 Å². The highest BCUT2D eigenvalue weighted by atomic mass is 127. The van der Waals surface area contributed by atoms with Crippen molar-refractivity contribution in [2.24, 2.45) is 0 Å². The molecule has 0 saturated carbocycles. The highest BCUT2D eigenvalue weighted by molar-refractivity contribution is 14.1. The minimum atomic E-state index is -1.02. The van der Waals surface area contributed by atoms with E-state index >= 15 is 0 Å². The first kappa shape index (κ1) is 18.0. The molecule has 0 bridgehead atoms. The summed E-state index contributed by atoms with van der Waals surface area (Å²) in [5, 5.41) is 11.8. The van der Waals surface area contributed by atoms with Crippen LogP contribution in [0.15, 0.2) is 47.8 Å². The molecule has 0 amide bonds. The lowest BCUT2D eigenvalue weighted by molar-refractivity contribution is 0.0695. The molecule has 0 radical (unpaired) electrons. The van der Waals surface area contributed by atoms with Crippen molar-refractivity contribution in [3.05, 3.63) is 64.9 Å². The highest BCUT2D eigenvalue weighted by Crippen LogP contribution is 2.35. The molecule has 1 N–H and O–H groups in total. The van der Waals surface area contributed by atoms with Gasteiger partial charge in [-0.15, -0.1) is 11.3 Å². The van der Waals surface area contributed by atoms with Gasteiger partial charge in [0.1, 0.15) is 5.82 Å². The number of alkyl halides is 1. The molecule has 25 heavy (non-hydrogen) atoms. The third-order valence-electron chi connectivity index (χ3n) is 3.89. The van der Waals surface area contributed by atoms with Gasteiger partial charge in [-0.1, -0.05) is 47.7 Å². The predicted molar refractivity (Wildman–Crippen MR) is 107 cm³/mol. The second kappa shape index (κ2) is 7.61. The van der Waals surface area contributed by atoms with Crippen LogP contribution in [0.25, 0.3) is 21.7 Å². The molecule has 2 aromatic heterocycles. The van der Waals surface area contributed by atoms with E-state index in [1.807, 2.05) is 24.4 Å². The Morgan fingerprint density at radius 3 is 2.60 bits per heavy atom. The molecule has 0 aliphatic rings. The average molecular weight is 467 g/mol. The second-order valence-electron chi connectivity index (χ2n) is 5.66. The standard InChI is InChI=1S/C19H15FINO2S/c1-11(10-21)18-17(19(23)24)14(12-4-6-13(20)7-5-12)9-15(22-18)16-3-2-8-25-16/h2-9,11H,10H2,1H3,(H,23,24). The third kappa shape index (κ3) is 3.74. The van der Waals surface area contributed by atoms with Gasteiger partial charge in [-0.3, -0.25) is 4.98 Å². The second-order valence-corrected chi connectivity index (χ2v) is 7.49. The maximum atomic E-state index is 13.3. The molecule has 2 heterocycles. The number of rotatable bonds is 5. The van der Waals surface area contributed by atoms with Gasteiger partial charge in [-0.2, -0.15) is 0 Å². The van der Waals surface area contributed by atoms with E-state index in [0.717, 1.165) is 15.0 Å². The lowest BCUT2D eigenvalue weighted by atomic mass is 9.93. The number of benzene rings is 1. The Kier molecular flexibility index (Phi) is 5.48. The van der Waals surface area contributed by atoms with E-state index in [9.17, 15) is 14.3 Å². The summed E-state index contributed by atoms with van der Waals surface area (Å²) < 4.78 is 14.0. The molecule has 1 unspecified atom stereocenters.